The monoisotopic (exact) mass is 566 g/mol. The molecule has 0 aliphatic rings. The molecule has 40 heavy (non-hydrogen) atoms. The molecule has 0 aromatic heterocycles. The molecule has 0 aliphatic carbocycles. The molecule has 5 aromatic rings. The van der Waals surface area contributed by atoms with Gasteiger partial charge in [-0.2, -0.15) is 0 Å². The lowest BCUT2D eigenvalue weighted by molar-refractivity contribution is 0.0650. The first-order valence-electron chi connectivity index (χ1n) is 13.4. The van der Waals surface area contributed by atoms with Gasteiger partial charge >= 0.3 is 11.9 Å². The van der Waals surface area contributed by atoms with Crippen LogP contribution in [0.1, 0.15) is 44.7 Å². The number of hydrogen-bond donors (Lipinski definition) is 2. The molecule has 4 nitrogen and oxygen atoms in total. The fourth-order valence-electron chi connectivity index (χ4n) is 5.15. The summed E-state index contributed by atoms with van der Waals surface area (Å²) >= 11 is 3.55. The Balaban J connectivity index is 1.29. The Labute approximate surface area is 242 Å². The molecule has 5 rings (SSSR count). The third-order valence-corrected chi connectivity index (χ3v) is 9.35. The Kier molecular flexibility index (Phi) is 9.09. The van der Waals surface area contributed by atoms with Crippen molar-refractivity contribution in [3.63, 3.8) is 0 Å². The molecule has 0 unspecified atom stereocenters. The van der Waals surface area contributed by atoms with Gasteiger partial charge in [-0.05, 0) is 88.1 Å². The summed E-state index contributed by atoms with van der Waals surface area (Å²) in [7, 11) is 0. The lowest BCUT2D eigenvalue weighted by Gasteiger charge is -2.15. The minimum absolute atomic E-state index is 0.0677. The van der Waals surface area contributed by atoms with Gasteiger partial charge in [0.15, 0.2) is 0 Å². The predicted octanol–water partition coefficient (Wildman–Crippen LogP) is 8.84. The number of thioether (sulfide) groups is 2. The van der Waals surface area contributed by atoms with E-state index in [-0.39, 0.29) is 11.1 Å². The Bertz CT molecular complexity index is 1670. The first-order valence-corrected chi connectivity index (χ1v) is 15.3. The van der Waals surface area contributed by atoms with Crippen LogP contribution in [0.4, 0.5) is 0 Å². The molecule has 202 valence electrons. The average Bonchev–Trinajstić information content (AvgIpc) is 2.97. The van der Waals surface area contributed by atoms with Crippen LogP contribution < -0.4 is 0 Å². The van der Waals surface area contributed by atoms with Crippen molar-refractivity contribution in [1.29, 1.82) is 0 Å². The number of carbonyl (C=O) groups is 2. The van der Waals surface area contributed by atoms with Gasteiger partial charge < -0.3 is 10.2 Å². The van der Waals surface area contributed by atoms with E-state index >= 15 is 0 Å². The van der Waals surface area contributed by atoms with E-state index in [9.17, 15) is 19.8 Å². The summed E-state index contributed by atoms with van der Waals surface area (Å²) in [4.78, 5) is 26.6. The highest BCUT2D eigenvalue weighted by Crippen LogP contribution is 2.31. The minimum Gasteiger partial charge on any atom is -0.478 e. The van der Waals surface area contributed by atoms with Crippen LogP contribution in [-0.2, 0) is 12.8 Å². The van der Waals surface area contributed by atoms with E-state index < -0.39 is 11.9 Å². The van der Waals surface area contributed by atoms with Gasteiger partial charge in [0.1, 0.15) is 0 Å². The van der Waals surface area contributed by atoms with Gasteiger partial charge in [0.25, 0.3) is 0 Å². The highest BCUT2D eigenvalue weighted by Gasteiger charge is 2.22. The smallest absolute Gasteiger partial charge is 0.336 e. The predicted molar refractivity (Wildman–Crippen MR) is 166 cm³/mol. The number of fused-ring (bicyclic) bond motifs is 2. The maximum Gasteiger partial charge on any atom is 0.336 e. The summed E-state index contributed by atoms with van der Waals surface area (Å²) in [5, 5.41) is 24.6. The van der Waals surface area contributed by atoms with Crippen molar-refractivity contribution in [2.45, 2.75) is 35.5 Å². The summed E-state index contributed by atoms with van der Waals surface area (Å²) in [6.45, 7) is 0. The van der Waals surface area contributed by atoms with Crippen LogP contribution in [0.3, 0.4) is 0 Å². The Hall–Kier alpha value is -3.74. The topological polar surface area (TPSA) is 74.6 Å². The maximum absolute atomic E-state index is 12.3. The van der Waals surface area contributed by atoms with Crippen LogP contribution in [0.5, 0.6) is 0 Å². The molecule has 0 spiro atoms. The highest BCUT2D eigenvalue weighted by molar-refractivity contribution is 7.99. The molecule has 0 bridgehead atoms. The number of aryl methyl sites for hydroxylation is 1. The molecule has 0 atom stereocenters. The molecule has 0 saturated heterocycles. The van der Waals surface area contributed by atoms with E-state index in [1.165, 1.54) is 37.4 Å². The second-order valence-corrected chi connectivity index (χ2v) is 11.9. The summed E-state index contributed by atoms with van der Waals surface area (Å²) < 4.78 is 0. The molecular formula is C34H30O4S2. The lowest BCUT2D eigenvalue weighted by atomic mass is 9.91. The van der Waals surface area contributed by atoms with Crippen LogP contribution in [0.25, 0.3) is 21.5 Å². The normalized spacial score (nSPS) is 11.2. The quantitative estimate of drug-likeness (QED) is 0.116. The number of aromatic carboxylic acids is 2. The van der Waals surface area contributed by atoms with Crippen LogP contribution in [0, 0.1) is 0 Å². The van der Waals surface area contributed by atoms with E-state index in [1.807, 2.05) is 24.3 Å². The van der Waals surface area contributed by atoms with Crippen molar-refractivity contribution in [3.8, 4) is 0 Å². The number of carboxylic acids is 2. The number of hydrogen-bond acceptors (Lipinski definition) is 4. The summed E-state index contributed by atoms with van der Waals surface area (Å²) in [5.41, 5.74) is 1.37. The van der Waals surface area contributed by atoms with Crippen LogP contribution in [0.15, 0.2) is 107 Å². The molecule has 2 N–H and O–H groups in total. The van der Waals surface area contributed by atoms with Crippen molar-refractivity contribution in [1.82, 2.24) is 0 Å². The van der Waals surface area contributed by atoms with E-state index in [0.29, 0.717) is 18.4 Å². The zero-order valence-corrected chi connectivity index (χ0v) is 23.6. The molecule has 0 heterocycles. The average molecular weight is 567 g/mol. The fourth-order valence-corrected chi connectivity index (χ4v) is 7.20. The molecule has 6 heteroatoms. The summed E-state index contributed by atoms with van der Waals surface area (Å²) in [6.07, 6.45) is 2.82. The van der Waals surface area contributed by atoms with E-state index in [1.54, 1.807) is 23.5 Å². The lowest BCUT2D eigenvalue weighted by Crippen LogP contribution is -2.14. The van der Waals surface area contributed by atoms with Crippen molar-refractivity contribution in [2.75, 3.05) is 11.5 Å². The van der Waals surface area contributed by atoms with Crippen LogP contribution >= 0.6 is 23.5 Å². The van der Waals surface area contributed by atoms with Crippen LogP contribution in [-0.4, -0.2) is 33.7 Å². The molecule has 0 radical (unpaired) electrons. The number of benzene rings is 5. The number of carboxylic acid groups (broad SMARTS) is 2. The van der Waals surface area contributed by atoms with Gasteiger partial charge in [0.2, 0.25) is 0 Å². The van der Waals surface area contributed by atoms with Crippen molar-refractivity contribution < 1.29 is 19.8 Å². The molecular weight excluding hydrogens is 537 g/mol. The van der Waals surface area contributed by atoms with Gasteiger partial charge in [0.05, 0.1) is 11.1 Å². The molecule has 0 aliphatic heterocycles. The molecule has 0 fully saturated rings. The third-order valence-electron chi connectivity index (χ3n) is 7.03. The van der Waals surface area contributed by atoms with E-state index in [4.69, 9.17) is 0 Å². The van der Waals surface area contributed by atoms with Crippen molar-refractivity contribution in [3.05, 3.63) is 119 Å². The van der Waals surface area contributed by atoms with Crippen molar-refractivity contribution >= 4 is 57.0 Å². The van der Waals surface area contributed by atoms with E-state index in [0.717, 1.165) is 29.9 Å². The third kappa shape index (κ3) is 6.35. The standard InChI is InChI=1S/C34H30O4S2/c35-33(36)29-20-19-25(13-7-21-39-30-17-5-11-23-9-1-3-14-26(23)30)28(32(29)34(37)38)16-8-22-40-31-18-6-12-24-10-2-4-15-27(24)31/h1-6,9-12,14-15,17-20H,7-8,13,16,21-22H2,(H,35,36)(H,37,38). The second-order valence-electron chi connectivity index (χ2n) is 9.59. The highest BCUT2D eigenvalue weighted by atomic mass is 32.2. The van der Waals surface area contributed by atoms with Gasteiger partial charge in [-0.1, -0.05) is 78.9 Å². The zero-order chi connectivity index (χ0) is 27.9. The molecule has 0 saturated carbocycles. The van der Waals surface area contributed by atoms with Gasteiger partial charge in [-0.25, -0.2) is 9.59 Å². The van der Waals surface area contributed by atoms with E-state index in [2.05, 4.69) is 66.7 Å². The Morgan fingerprint density at radius 1 is 0.575 bits per heavy atom. The second kappa shape index (κ2) is 13.1. The molecule has 5 aromatic carbocycles. The van der Waals surface area contributed by atoms with Crippen molar-refractivity contribution in [2.24, 2.45) is 0 Å². The van der Waals surface area contributed by atoms with Gasteiger partial charge in [-0.15, -0.1) is 23.5 Å². The first kappa shape index (κ1) is 27.8. The largest absolute Gasteiger partial charge is 0.478 e. The number of rotatable bonds is 12. The molecule has 0 amide bonds. The summed E-state index contributed by atoms with van der Waals surface area (Å²) in [5.74, 6) is -0.697. The maximum atomic E-state index is 12.3. The van der Waals surface area contributed by atoms with Crippen LogP contribution in [0.2, 0.25) is 0 Å². The fraction of sp³-hybridized carbons (Fsp3) is 0.176. The first-order chi connectivity index (χ1) is 19.5. The zero-order valence-electron chi connectivity index (χ0n) is 22.0. The Morgan fingerprint density at radius 3 is 1.65 bits per heavy atom. The minimum atomic E-state index is -1.21. The summed E-state index contributed by atoms with van der Waals surface area (Å²) in [6, 6.07) is 32.5. The Morgan fingerprint density at radius 2 is 1.10 bits per heavy atom. The van der Waals surface area contributed by atoms with Gasteiger partial charge in [0, 0.05) is 9.79 Å². The SMILES string of the molecule is O=C(O)c1ccc(CCCSc2cccc3ccccc23)c(CCCSc2cccc3ccccc23)c1C(=O)O. The van der Waals surface area contributed by atoms with Gasteiger partial charge in [-0.3, -0.25) is 0 Å².